The Morgan fingerprint density at radius 3 is 1.90 bits per heavy atom. The Morgan fingerprint density at radius 2 is 1.39 bits per heavy atom. The predicted molar refractivity (Wildman–Crippen MR) is 139 cm³/mol. The Hall–Kier alpha value is -4.44. The second kappa shape index (κ2) is 15.4. The van der Waals surface area contributed by atoms with E-state index in [1.807, 2.05) is 0 Å². The van der Waals surface area contributed by atoms with E-state index in [4.69, 9.17) is 28.4 Å². The minimum atomic E-state index is -1.32. The number of amides is 1. The third-order valence-corrected chi connectivity index (χ3v) is 5.61. The molecule has 1 aliphatic rings. The van der Waals surface area contributed by atoms with E-state index >= 15 is 0 Å². The van der Waals surface area contributed by atoms with Gasteiger partial charge in [0.05, 0.1) is 7.11 Å². The molecular weight excluding hydrogens is 542 g/mol. The van der Waals surface area contributed by atoms with Crippen LogP contribution in [0.4, 0.5) is 0 Å². The molecule has 13 heteroatoms. The van der Waals surface area contributed by atoms with Crippen LogP contribution in [0.5, 0.6) is 0 Å². The molecule has 0 saturated carbocycles. The van der Waals surface area contributed by atoms with Crippen molar-refractivity contribution >= 4 is 35.8 Å². The number of carbonyl (C=O) groups is 6. The topological polar surface area (TPSA) is 170 Å². The fraction of sp³-hybridized carbons (Fsp3) is 0.500. The van der Waals surface area contributed by atoms with Crippen molar-refractivity contribution in [2.75, 3.05) is 13.7 Å². The number of ether oxygens (including phenoxy) is 6. The van der Waals surface area contributed by atoms with Gasteiger partial charge < -0.3 is 33.7 Å². The molecule has 0 aromatic heterocycles. The summed E-state index contributed by atoms with van der Waals surface area (Å²) in [6.07, 6.45) is -5.99. The van der Waals surface area contributed by atoms with Gasteiger partial charge in [0.15, 0.2) is 24.4 Å². The van der Waals surface area contributed by atoms with Crippen molar-refractivity contribution in [3.05, 3.63) is 35.4 Å². The van der Waals surface area contributed by atoms with Crippen molar-refractivity contribution in [1.82, 2.24) is 5.32 Å². The molecule has 13 nitrogen and oxygen atoms in total. The number of methoxy groups -OCH3 is 1. The van der Waals surface area contributed by atoms with Crippen LogP contribution >= 0.6 is 0 Å². The van der Waals surface area contributed by atoms with Crippen LogP contribution in [0.25, 0.3) is 0 Å². The summed E-state index contributed by atoms with van der Waals surface area (Å²) >= 11 is 0. The van der Waals surface area contributed by atoms with Crippen LogP contribution in [-0.4, -0.2) is 86.0 Å². The Bertz CT molecular complexity index is 1200. The SMILES string of the molecule is COC(=O)C(Cc1ccc(C#C[C@@H]2O[C@H](COC(C)=O)[C@H](OC(C)=O)[C@H](OC(C)=O)[C@H]2OC(C)=O)cc1)NC(C)=O. The van der Waals surface area contributed by atoms with Crippen molar-refractivity contribution in [1.29, 1.82) is 0 Å². The van der Waals surface area contributed by atoms with Crippen LogP contribution in [0.15, 0.2) is 24.3 Å². The molecule has 1 amide bonds. The average molecular weight is 576 g/mol. The van der Waals surface area contributed by atoms with E-state index in [1.54, 1.807) is 24.3 Å². The highest BCUT2D eigenvalue weighted by Crippen LogP contribution is 2.29. The molecule has 1 unspecified atom stereocenters. The molecule has 1 heterocycles. The second-order valence-corrected chi connectivity index (χ2v) is 9.07. The predicted octanol–water partition coefficient (Wildman–Crippen LogP) is 0.384. The molecule has 2 rings (SSSR count). The molecule has 222 valence electrons. The summed E-state index contributed by atoms with van der Waals surface area (Å²) < 4.78 is 31.9. The summed E-state index contributed by atoms with van der Waals surface area (Å²) in [4.78, 5) is 70.6. The van der Waals surface area contributed by atoms with Crippen LogP contribution in [0, 0.1) is 11.8 Å². The first-order valence-electron chi connectivity index (χ1n) is 12.6. The smallest absolute Gasteiger partial charge is 0.328 e. The molecule has 1 N–H and O–H groups in total. The first-order chi connectivity index (χ1) is 19.3. The summed E-state index contributed by atoms with van der Waals surface area (Å²) in [5.74, 6) is 1.93. The van der Waals surface area contributed by atoms with E-state index in [9.17, 15) is 28.8 Å². The van der Waals surface area contributed by atoms with Gasteiger partial charge in [0, 0.05) is 46.6 Å². The van der Waals surface area contributed by atoms with Crippen molar-refractivity contribution in [2.24, 2.45) is 0 Å². The highest BCUT2D eigenvalue weighted by atomic mass is 16.7. The van der Waals surface area contributed by atoms with Crippen molar-refractivity contribution in [3.63, 3.8) is 0 Å². The van der Waals surface area contributed by atoms with Gasteiger partial charge in [-0.3, -0.25) is 24.0 Å². The van der Waals surface area contributed by atoms with Crippen LogP contribution in [0.2, 0.25) is 0 Å². The molecule has 0 bridgehead atoms. The minimum absolute atomic E-state index is 0.180. The van der Waals surface area contributed by atoms with Crippen molar-refractivity contribution < 1.29 is 57.2 Å². The van der Waals surface area contributed by atoms with E-state index in [2.05, 4.69) is 17.2 Å². The molecule has 1 aliphatic heterocycles. The first-order valence-corrected chi connectivity index (χ1v) is 12.6. The lowest BCUT2D eigenvalue weighted by Crippen LogP contribution is -2.62. The number of hydrogen-bond donors (Lipinski definition) is 1. The number of rotatable bonds is 9. The third kappa shape index (κ3) is 10.6. The number of carbonyl (C=O) groups excluding carboxylic acids is 6. The van der Waals surface area contributed by atoms with Gasteiger partial charge in [0.2, 0.25) is 5.91 Å². The zero-order chi connectivity index (χ0) is 30.7. The fourth-order valence-electron chi connectivity index (χ4n) is 4.04. The summed E-state index contributed by atoms with van der Waals surface area (Å²) in [5.41, 5.74) is 1.22. The van der Waals surface area contributed by atoms with Crippen LogP contribution in [-0.2, 0) is 63.6 Å². The van der Waals surface area contributed by atoms with Gasteiger partial charge in [-0.2, -0.15) is 0 Å². The van der Waals surface area contributed by atoms with E-state index < -0.39 is 66.4 Å². The lowest BCUT2D eigenvalue weighted by Gasteiger charge is -2.42. The zero-order valence-electron chi connectivity index (χ0n) is 23.6. The van der Waals surface area contributed by atoms with Crippen LogP contribution in [0.3, 0.4) is 0 Å². The van der Waals surface area contributed by atoms with Gasteiger partial charge in [-0.25, -0.2) is 4.79 Å². The summed E-state index contributed by atoms with van der Waals surface area (Å²) in [7, 11) is 1.23. The monoisotopic (exact) mass is 575 g/mol. The van der Waals surface area contributed by atoms with Crippen molar-refractivity contribution in [2.45, 2.75) is 77.6 Å². The normalized spacial score (nSPS) is 22.0. The number of nitrogens with one attached hydrogen (secondary N) is 1. The van der Waals surface area contributed by atoms with Gasteiger partial charge in [0.1, 0.15) is 18.8 Å². The van der Waals surface area contributed by atoms with Crippen LogP contribution in [0.1, 0.15) is 45.7 Å². The maximum Gasteiger partial charge on any atom is 0.328 e. The Balaban J connectivity index is 2.39. The van der Waals surface area contributed by atoms with Gasteiger partial charge in [0.25, 0.3) is 0 Å². The number of hydrogen-bond acceptors (Lipinski definition) is 12. The Kier molecular flexibility index (Phi) is 12.3. The average Bonchev–Trinajstić information content (AvgIpc) is 2.88. The quantitative estimate of drug-likeness (QED) is 0.244. The van der Waals surface area contributed by atoms with E-state index in [1.165, 1.54) is 21.0 Å². The van der Waals surface area contributed by atoms with Gasteiger partial charge in [-0.15, -0.1) is 0 Å². The number of benzene rings is 1. The molecule has 1 aromatic carbocycles. The fourth-order valence-corrected chi connectivity index (χ4v) is 4.04. The number of esters is 5. The standard InChI is InChI=1S/C28H33NO12/c1-15(30)29-22(28(35)36-6)13-21-9-7-20(8-10-21)11-12-23-25(38-17(3)32)27(40-19(5)34)26(39-18(4)33)24(41-23)14-37-16(2)31/h7-10,22-27H,13-14H2,1-6H3,(H,29,30)/t22?,23-,24+,25-,26-,27+/m0/s1. The van der Waals surface area contributed by atoms with Crippen LogP contribution < -0.4 is 5.32 Å². The molecule has 6 atom stereocenters. The summed E-state index contributed by atoms with van der Waals surface area (Å²) in [6.45, 7) is 5.52. The molecular formula is C28H33NO12. The Morgan fingerprint density at radius 1 is 0.829 bits per heavy atom. The maximum atomic E-state index is 12.0. The zero-order valence-corrected chi connectivity index (χ0v) is 23.6. The van der Waals surface area contributed by atoms with E-state index in [-0.39, 0.29) is 18.9 Å². The molecule has 1 saturated heterocycles. The lowest BCUT2D eigenvalue weighted by molar-refractivity contribution is -0.242. The molecule has 41 heavy (non-hydrogen) atoms. The molecule has 1 aromatic rings. The second-order valence-electron chi connectivity index (χ2n) is 9.07. The largest absolute Gasteiger partial charge is 0.467 e. The molecule has 0 radical (unpaired) electrons. The summed E-state index contributed by atoms with van der Waals surface area (Å²) in [6, 6.07) is 5.86. The third-order valence-electron chi connectivity index (χ3n) is 5.61. The highest BCUT2D eigenvalue weighted by molar-refractivity contribution is 5.83. The summed E-state index contributed by atoms with van der Waals surface area (Å²) in [5, 5.41) is 2.54. The minimum Gasteiger partial charge on any atom is -0.467 e. The van der Waals surface area contributed by atoms with Crippen molar-refractivity contribution in [3.8, 4) is 11.8 Å². The molecule has 0 spiro atoms. The Labute approximate surface area is 237 Å². The first kappa shape index (κ1) is 32.8. The highest BCUT2D eigenvalue weighted by Gasteiger charge is 2.51. The lowest BCUT2D eigenvalue weighted by atomic mass is 9.94. The van der Waals surface area contributed by atoms with Gasteiger partial charge in [-0.05, 0) is 17.7 Å². The maximum absolute atomic E-state index is 12.0. The van der Waals surface area contributed by atoms with Gasteiger partial charge >= 0.3 is 29.8 Å². The molecule has 0 aliphatic carbocycles. The van der Waals surface area contributed by atoms with E-state index in [0.29, 0.717) is 11.1 Å². The van der Waals surface area contributed by atoms with E-state index in [0.717, 1.165) is 20.8 Å². The molecule has 1 fully saturated rings. The van der Waals surface area contributed by atoms with Gasteiger partial charge in [-0.1, -0.05) is 24.0 Å².